The van der Waals surface area contributed by atoms with Gasteiger partial charge in [-0.3, -0.25) is 9.59 Å². The monoisotopic (exact) mass is 472 g/mol. The second-order valence-electron chi connectivity index (χ2n) is 8.08. The first kappa shape index (κ1) is 24.6. The Balaban J connectivity index is 1.74. The van der Waals surface area contributed by atoms with Crippen molar-refractivity contribution in [1.29, 1.82) is 0 Å². The van der Waals surface area contributed by atoms with Crippen molar-refractivity contribution in [1.82, 2.24) is 4.31 Å². The third kappa shape index (κ3) is 5.66. The van der Waals surface area contributed by atoms with Crippen LogP contribution >= 0.6 is 0 Å². The van der Waals surface area contributed by atoms with Gasteiger partial charge in [0.2, 0.25) is 10.0 Å². The summed E-state index contributed by atoms with van der Waals surface area (Å²) >= 11 is 0. The highest BCUT2D eigenvalue weighted by atomic mass is 32.2. The van der Waals surface area contributed by atoms with E-state index in [-0.39, 0.29) is 16.2 Å². The van der Waals surface area contributed by atoms with Gasteiger partial charge in [0.05, 0.1) is 16.1 Å². The predicted molar refractivity (Wildman–Crippen MR) is 124 cm³/mol. The molecule has 0 aromatic heterocycles. The number of hydrogen-bond donors (Lipinski definition) is 1. The SMILES string of the molecule is CC(=O)c1ccccc1NC(=O)C(C)OC(=O)c1ccc(C)c(S(=O)(=O)N2CCCCC2)c1. The van der Waals surface area contributed by atoms with Gasteiger partial charge in [0.25, 0.3) is 5.91 Å². The lowest BCUT2D eigenvalue weighted by atomic mass is 10.1. The number of Topliss-reactive ketones (excluding diaryl/α,β-unsaturated/α-hetero) is 1. The van der Waals surface area contributed by atoms with Crippen LogP contribution in [-0.4, -0.2) is 49.6 Å². The quantitative estimate of drug-likeness (QED) is 0.487. The van der Waals surface area contributed by atoms with Crippen LogP contribution in [0.1, 0.15) is 59.4 Å². The number of piperidine rings is 1. The number of benzene rings is 2. The van der Waals surface area contributed by atoms with E-state index in [1.807, 2.05) is 0 Å². The number of aryl methyl sites for hydroxylation is 1. The van der Waals surface area contributed by atoms with Crippen LogP contribution in [0, 0.1) is 6.92 Å². The van der Waals surface area contributed by atoms with Gasteiger partial charge >= 0.3 is 5.97 Å². The Morgan fingerprint density at radius 3 is 2.36 bits per heavy atom. The van der Waals surface area contributed by atoms with Crippen molar-refractivity contribution in [2.45, 2.75) is 51.0 Å². The Labute approximate surface area is 194 Å². The average Bonchev–Trinajstić information content (AvgIpc) is 2.79. The normalized spacial score (nSPS) is 15.5. The fourth-order valence-electron chi connectivity index (χ4n) is 3.66. The van der Waals surface area contributed by atoms with Crippen LogP contribution in [0.4, 0.5) is 5.69 Å². The van der Waals surface area contributed by atoms with Crippen molar-refractivity contribution in [2.24, 2.45) is 0 Å². The van der Waals surface area contributed by atoms with E-state index in [2.05, 4.69) is 5.32 Å². The van der Waals surface area contributed by atoms with Crippen molar-refractivity contribution in [3.63, 3.8) is 0 Å². The molecule has 1 aliphatic rings. The molecular formula is C24H28N2O6S. The minimum atomic E-state index is -3.73. The summed E-state index contributed by atoms with van der Waals surface area (Å²) in [6.45, 7) is 5.38. The maximum absolute atomic E-state index is 13.1. The largest absolute Gasteiger partial charge is 0.449 e. The molecule has 1 heterocycles. The van der Waals surface area contributed by atoms with Gasteiger partial charge in [-0.2, -0.15) is 4.31 Å². The van der Waals surface area contributed by atoms with Crippen LogP contribution in [0.2, 0.25) is 0 Å². The highest BCUT2D eigenvalue weighted by Gasteiger charge is 2.29. The van der Waals surface area contributed by atoms with Gasteiger partial charge in [-0.1, -0.05) is 24.6 Å². The first-order valence-corrected chi connectivity index (χ1v) is 12.3. The van der Waals surface area contributed by atoms with Gasteiger partial charge in [-0.05, 0) is 63.4 Å². The van der Waals surface area contributed by atoms with Crippen LogP contribution in [0.3, 0.4) is 0 Å². The summed E-state index contributed by atoms with van der Waals surface area (Å²) in [6, 6.07) is 10.9. The van der Waals surface area contributed by atoms with Crippen LogP contribution in [0.5, 0.6) is 0 Å². The number of anilines is 1. The third-order valence-electron chi connectivity index (χ3n) is 5.57. The molecule has 2 aromatic rings. The zero-order valence-corrected chi connectivity index (χ0v) is 19.8. The molecule has 0 aliphatic carbocycles. The molecule has 9 heteroatoms. The van der Waals surface area contributed by atoms with Gasteiger partial charge in [0, 0.05) is 18.7 Å². The molecule has 0 saturated carbocycles. The fraction of sp³-hybridized carbons (Fsp3) is 0.375. The third-order valence-corrected chi connectivity index (χ3v) is 7.61. The van der Waals surface area contributed by atoms with E-state index in [4.69, 9.17) is 4.74 Å². The molecule has 1 unspecified atom stereocenters. The van der Waals surface area contributed by atoms with Crippen LogP contribution in [-0.2, 0) is 19.6 Å². The fourth-order valence-corrected chi connectivity index (χ4v) is 5.43. The summed E-state index contributed by atoms with van der Waals surface area (Å²) in [5, 5.41) is 2.60. The zero-order chi connectivity index (χ0) is 24.2. The number of hydrogen-bond acceptors (Lipinski definition) is 6. The van der Waals surface area contributed by atoms with Gasteiger partial charge in [-0.25, -0.2) is 13.2 Å². The van der Waals surface area contributed by atoms with Crippen LogP contribution < -0.4 is 5.32 Å². The highest BCUT2D eigenvalue weighted by Crippen LogP contribution is 2.25. The number of ketones is 1. The number of carbonyl (C=O) groups excluding carboxylic acids is 3. The summed E-state index contributed by atoms with van der Waals surface area (Å²) in [5.74, 6) is -1.63. The van der Waals surface area contributed by atoms with E-state index >= 15 is 0 Å². The molecule has 0 spiro atoms. The number of nitrogens with one attached hydrogen (secondary N) is 1. The Hall–Kier alpha value is -3.04. The van der Waals surface area contributed by atoms with E-state index in [1.54, 1.807) is 37.3 Å². The molecule has 8 nitrogen and oxygen atoms in total. The minimum Gasteiger partial charge on any atom is -0.449 e. The summed E-state index contributed by atoms with van der Waals surface area (Å²) in [4.78, 5) is 37.0. The standard InChI is InChI=1S/C24H28N2O6S/c1-16-11-12-19(15-22(16)33(30,31)26-13-7-4-8-14-26)24(29)32-18(3)23(28)25-21-10-6-5-9-20(21)17(2)27/h5-6,9-12,15,18H,4,7-8,13-14H2,1-3H3,(H,25,28). The molecule has 1 amide bonds. The molecule has 1 aliphatic heterocycles. The first-order chi connectivity index (χ1) is 15.6. The second-order valence-corrected chi connectivity index (χ2v) is 9.99. The van der Waals surface area contributed by atoms with Crippen LogP contribution in [0.25, 0.3) is 0 Å². The molecular weight excluding hydrogens is 444 g/mol. The van der Waals surface area contributed by atoms with Crippen molar-refractivity contribution in [2.75, 3.05) is 18.4 Å². The molecule has 3 rings (SSSR count). The molecule has 0 radical (unpaired) electrons. The Kier molecular flexibility index (Phi) is 7.65. The number of nitrogens with zero attached hydrogens (tertiary/aromatic N) is 1. The smallest absolute Gasteiger partial charge is 0.338 e. The Morgan fingerprint density at radius 2 is 1.70 bits per heavy atom. The summed E-state index contributed by atoms with van der Waals surface area (Å²) in [6.07, 6.45) is 1.44. The maximum Gasteiger partial charge on any atom is 0.338 e. The average molecular weight is 473 g/mol. The molecule has 176 valence electrons. The summed E-state index contributed by atoms with van der Waals surface area (Å²) < 4.78 is 32.9. The van der Waals surface area contributed by atoms with Crippen molar-refractivity contribution < 1.29 is 27.5 Å². The minimum absolute atomic E-state index is 0.0416. The molecule has 2 aromatic carbocycles. The van der Waals surface area contributed by atoms with Gasteiger partial charge in [-0.15, -0.1) is 0 Å². The molecule has 1 N–H and O–H groups in total. The van der Waals surface area contributed by atoms with Crippen molar-refractivity contribution in [3.05, 3.63) is 59.2 Å². The lowest BCUT2D eigenvalue weighted by molar-refractivity contribution is -0.123. The number of esters is 1. The predicted octanol–water partition coefficient (Wildman–Crippen LogP) is 3.56. The maximum atomic E-state index is 13.1. The number of ether oxygens (including phenoxy) is 1. The Bertz CT molecular complexity index is 1170. The van der Waals surface area contributed by atoms with Gasteiger partial charge in [0.1, 0.15) is 0 Å². The topological polar surface area (TPSA) is 110 Å². The molecule has 0 bridgehead atoms. The van der Waals surface area contributed by atoms with E-state index in [0.717, 1.165) is 19.3 Å². The van der Waals surface area contributed by atoms with E-state index in [1.165, 1.54) is 30.3 Å². The lowest BCUT2D eigenvalue weighted by Gasteiger charge is -2.26. The highest BCUT2D eigenvalue weighted by molar-refractivity contribution is 7.89. The van der Waals surface area contributed by atoms with E-state index in [9.17, 15) is 22.8 Å². The van der Waals surface area contributed by atoms with Crippen molar-refractivity contribution >= 4 is 33.4 Å². The number of amides is 1. The van der Waals surface area contributed by atoms with E-state index < -0.39 is 28.0 Å². The van der Waals surface area contributed by atoms with E-state index in [0.29, 0.717) is 29.9 Å². The molecule has 1 saturated heterocycles. The number of sulfonamides is 1. The first-order valence-electron chi connectivity index (χ1n) is 10.8. The molecule has 1 fully saturated rings. The van der Waals surface area contributed by atoms with Crippen molar-refractivity contribution in [3.8, 4) is 0 Å². The zero-order valence-electron chi connectivity index (χ0n) is 19.0. The van der Waals surface area contributed by atoms with Gasteiger partial charge < -0.3 is 10.1 Å². The summed E-state index contributed by atoms with van der Waals surface area (Å²) in [7, 11) is -3.73. The Morgan fingerprint density at radius 1 is 1.03 bits per heavy atom. The van der Waals surface area contributed by atoms with Crippen LogP contribution in [0.15, 0.2) is 47.4 Å². The number of rotatable bonds is 7. The molecule has 1 atom stereocenters. The molecule has 33 heavy (non-hydrogen) atoms. The lowest BCUT2D eigenvalue weighted by Crippen LogP contribution is -2.36. The number of carbonyl (C=O) groups is 3. The summed E-state index contributed by atoms with van der Waals surface area (Å²) in [5.41, 5.74) is 1.24. The van der Waals surface area contributed by atoms with Gasteiger partial charge in [0.15, 0.2) is 11.9 Å². The second kappa shape index (κ2) is 10.3. The number of para-hydroxylation sites is 1.